The molecule has 5 nitrogen and oxygen atoms in total. The molecule has 0 radical (unpaired) electrons. The number of fused-ring (bicyclic) bond motifs is 1. The Morgan fingerprint density at radius 2 is 2.20 bits per heavy atom. The fourth-order valence-electron chi connectivity index (χ4n) is 2.02. The lowest BCUT2D eigenvalue weighted by molar-refractivity contribution is 0.551. The van der Waals surface area contributed by atoms with Gasteiger partial charge in [0.05, 0.1) is 18.0 Å². The largest absolute Gasteiger partial charge is 0.307 e. The lowest BCUT2D eigenvalue weighted by atomic mass is 10.2. The molecule has 2 aromatic heterocycles. The maximum Gasteiger partial charge on any atom is 0.212 e. The van der Waals surface area contributed by atoms with E-state index in [1.165, 1.54) is 0 Å². The van der Waals surface area contributed by atoms with Crippen molar-refractivity contribution in [2.45, 2.75) is 33.7 Å². The summed E-state index contributed by atoms with van der Waals surface area (Å²) in [6, 6.07) is 3.93. The average Bonchev–Trinajstić information content (AvgIpc) is 2.80. The summed E-state index contributed by atoms with van der Waals surface area (Å²) >= 11 is 0. The van der Waals surface area contributed by atoms with Crippen molar-refractivity contribution in [1.29, 1.82) is 0 Å². The number of pyridine rings is 1. The van der Waals surface area contributed by atoms with Crippen LogP contribution < -0.4 is 4.72 Å². The molecule has 6 heteroatoms. The van der Waals surface area contributed by atoms with E-state index >= 15 is 0 Å². The van der Waals surface area contributed by atoms with E-state index in [0.29, 0.717) is 0 Å². The van der Waals surface area contributed by atoms with Gasteiger partial charge in [0, 0.05) is 12.4 Å². The molecule has 0 aliphatic carbocycles. The van der Waals surface area contributed by atoms with E-state index in [1.54, 1.807) is 0 Å². The molecule has 0 spiro atoms. The highest BCUT2D eigenvalue weighted by Crippen LogP contribution is 2.10. The van der Waals surface area contributed by atoms with Gasteiger partial charge in [-0.15, -0.1) is 0 Å². The van der Waals surface area contributed by atoms with E-state index in [1.807, 2.05) is 49.7 Å². The van der Waals surface area contributed by atoms with Crippen molar-refractivity contribution in [3.05, 3.63) is 35.8 Å². The fourth-order valence-corrected chi connectivity index (χ4v) is 3.50. The van der Waals surface area contributed by atoms with Crippen LogP contribution in [0.5, 0.6) is 0 Å². The number of imidazole rings is 1. The predicted molar refractivity (Wildman–Crippen MR) is 80.0 cm³/mol. The van der Waals surface area contributed by atoms with Gasteiger partial charge < -0.3 is 4.40 Å². The summed E-state index contributed by atoms with van der Waals surface area (Å²) in [6.45, 7) is 6.15. The molecule has 0 saturated carbocycles. The molecule has 0 aromatic carbocycles. The van der Waals surface area contributed by atoms with Crippen molar-refractivity contribution < 1.29 is 8.42 Å². The lowest BCUT2D eigenvalue weighted by Crippen LogP contribution is -2.28. The molecule has 1 atom stereocenters. The van der Waals surface area contributed by atoms with E-state index in [2.05, 4.69) is 9.71 Å². The topological polar surface area (TPSA) is 63.5 Å². The Balaban J connectivity index is 2.08. The Hall–Kier alpha value is -1.40. The SMILES string of the molecule is CC[C@H](C)CS(=O)(=O)NCc1cn2cccc(C)c2n1. The molecule has 0 fully saturated rings. The second-order valence-electron chi connectivity index (χ2n) is 5.27. The number of aromatic nitrogens is 2. The zero-order valence-electron chi connectivity index (χ0n) is 12.1. The number of rotatable bonds is 6. The first-order valence-corrected chi connectivity index (χ1v) is 8.47. The van der Waals surface area contributed by atoms with E-state index in [9.17, 15) is 8.42 Å². The second kappa shape index (κ2) is 5.93. The first-order chi connectivity index (χ1) is 9.41. The number of hydrogen-bond acceptors (Lipinski definition) is 3. The molecular formula is C14H21N3O2S. The van der Waals surface area contributed by atoms with Crippen LogP contribution in [0, 0.1) is 12.8 Å². The summed E-state index contributed by atoms with van der Waals surface area (Å²) in [4.78, 5) is 4.45. The van der Waals surface area contributed by atoms with Gasteiger partial charge in [-0.05, 0) is 24.5 Å². The van der Waals surface area contributed by atoms with Crippen LogP contribution in [-0.4, -0.2) is 23.6 Å². The Kier molecular flexibility index (Phi) is 4.45. The quantitative estimate of drug-likeness (QED) is 0.887. The summed E-state index contributed by atoms with van der Waals surface area (Å²) < 4.78 is 28.3. The number of hydrogen-bond donors (Lipinski definition) is 1. The lowest BCUT2D eigenvalue weighted by Gasteiger charge is -2.09. The van der Waals surface area contributed by atoms with E-state index < -0.39 is 10.0 Å². The van der Waals surface area contributed by atoms with Crippen molar-refractivity contribution in [3.63, 3.8) is 0 Å². The van der Waals surface area contributed by atoms with Crippen molar-refractivity contribution in [2.75, 3.05) is 5.75 Å². The maximum absolute atomic E-state index is 11.9. The number of sulfonamides is 1. The second-order valence-corrected chi connectivity index (χ2v) is 7.12. The molecule has 2 aromatic rings. The van der Waals surface area contributed by atoms with Gasteiger partial charge in [0.25, 0.3) is 0 Å². The van der Waals surface area contributed by atoms with Crippen LogP contribution in [0.4, 0.5) is 0 Å². The van der Waals surface area contributed by atoms with Gasteiger partial charge in [0.15, 0.2) is 0 Å². The smallest absolute Gasteiger partial charge is 0.212 e. The fraction of sp³-hybridized carbons (Fsp3) is 0.500. The minimum absolute atomic E-state index is 0.163. The molecule has 0 aliphatic rings. The number of nitrogens with zero attached hydrogens (tertiary/aromatic N) is 2. The summed E-state index contributed by atoms with van der Waals surface area (Å²) in [5, 5.41) is 0. The van der Waals surface area contributed by atoms with Gasteiger partial charge in [0.1, 0.15) is 5.65 Å². The molecule has 1 N–H and O–H groups in total. The Morgan fingerprint density at radius 3 is 2.85 bits per heavy atom. The van der Waals surface area contributed by atoms with Crippen LogP contribution in [0.25, 0.3) is 5.65 Å². The third-order valence-corrected chi connectivity index (χ3v) is 4.99. The maximum atomic E-state index is 11.9. The molecule has 0 aliphatic heterocycles. The first-order valence-electron chi connectivity index (χ1n) is 6.82. The van der Waals surface area contributed by atoms with Crippen LogP contribution in [-0.2, 0) is 16.6 Å². The Labute approximate surface area is 120 Å². The molecule has 0 amide bonds. The zero-order chi connectivity index (χ0) is 14.8. The summed E-state index contributed by atoms with van der Waals surface area (Å²) in [7, 11) is -3.24. The number of nitrogens with one attached hydrogen (secondary N) is 1. The van der Waals surface area contributed by atoms with Crippen LogP contribution in [0.3, 0.4) is 0 Å². The van der Waals surface area contributed by atoms with Gasteiger partial charge in [-0.1, -0.05) is 26.3 Å². The number of aryl methyl sites for hydroxylation is 1. The molecule has 2 rings (SSSR count). The van der Waals surface area contributed by atoms with Crippen LogP contribution >= 0.6 is 0 Å². The Morgan fingerprint density at radius 1 is 1.45 bits per heavy atom. The normalized spacial score (nSPS) is 13.8. The van der Waals surface area contributed by atoms with E-state index in [4.69, 9.17) is 0 Å². The minimum Gasteiger partial charge on any atom is -0.307 e. The standard InChI is InChI=1S/C14H21N3O2S/c1-4-11(2)10-20(18,19)15-8-13-9-17-7-5-6-12(3)14(17)16-13/h5-7,9,11,15H,4,8,10H2,1-3H3/t11-/m0/s1. The molecule has 0 unspecified atom stereocenters. The average molecular weight is 295 g/mol. The molecule has 2 heterocycles. The van der Waals surface area contributed by atoms with Crippen LogP contribution in [0.15, 0.2) is 24.5 Å². The predicted octanol–water partition coefficient (Wildman–Crippen LogP) is 2.11. The first kappa shape index (κ1) is 15.0. The van der Waals surface area contributed by atoms with Gasteiger partial charge in [0.2, 0.25) is 10.0 Å². The third-order valence-electron chi connectivity index (χ3n) is 3.40. The van der Waals surface area contributed by atoms with Gasteiger partial charge >= 0.3 is 0 Å². The highest BCUT2D eigenvalue weighted by atomic mass is 32.2. The monoisotopic (exact) mass is 295 g/mol. The van der Waals surface area contributed by atoms with E-state index in [0.717, 1.165) is 23.3 Å². The zero-order valence-corrected chi connectivity index (χ0v) is 12.9. The van der Waals surface area contributed by atoms with Crippen LogP contribution in [0.2, 0.25) is 0 Å². The van der Waals surface area contributed by atoms with Crippen molar-refractivity contribution >= 4 is 15.7 Å². The van der Waals surface area contributed by atoms with Gasteiger partial charge in [-0.3, -0.25) is 0 Å². The van der Waals surface area contributed by atoms with Crippen molar-refractivity contribution in [2.24, 2.45) is 5.92 Å². The van der Waals surface area contributed by atoms with Crippen molar-refractivity contribution in [1.82, 2.24) is 14.1 Å². The van der Waals surface area contributed by atoms with Crippen molar-refractivity contribution in [3.8, 4) is 0 Å². The third kappa shape index (κ3) is 3.58. The van der Waals surface area contributed by atoms with Gasteiger partial charge in [-0.2, -0.15) is 0 Å². The highest BCUT2D eigenvalue weighted by Gasteiger charge is 2.15. The molecule has 0 saturated heterocycles. The highest BCUT2D eigenvalue weighted by molar-refractivity contribution is 7.89. The molecule has 0 bridgehead atoms. The van der Waals surface area contributed by atoms with Gasteiger partial charge in [-0.25, -0.2) is 18.1 Å². The molecule has 20 heavy (non-hydrogen) atoms. The minimum atomic E-state index is -3.24. The molecular weight excluding hydrogens is 274 g/mol. The summed E-state index contributed by atoms with van der Waals surface area (Å²) in [5.74, 6) is 0.325. The Bertz CT molecular complexity index is 692. The van der Waals surface area contributed by atoms with E-state index in [-0.39, 0.29) is 18.2 Å². The summed E-state index contributed by atoms with van der Waals surface area (Å²) in [5.41, 5.74) is 2.66. The summed E-state index contributed by atoms with van der Waals surface area (Å²) in [6.07, 6.45) is 4.62. The van der Waals surface area contributed by atoms with Crippen LogP contribution in [0.1, 0.15) is 31.5 Å². The molecule has 110 valence electrons.